The lowest BCUT2D eigenvalue weighted by molar-refractivity contribution is -0.385. The maximum Gasteiger partial charge on any atom is 0.286 e. The van der Waals surface area contributed by atoms with Crippen LogP contribution in [0, 0.1) is 10.1 Å². The second-order valence-electron chi connectivity index (χ2n) is 5.43. The first-order valence-corrected chi connectivity index (χ1v) is 8.23. The van der Waals surface area contributed by atoms with E-state index in [0.29, 0.717) is 11.6 Å². The number of methoxy groups -OCH3 is 2. The van der Waals surface area contributed by atoms with Gasteiger partial charge in [0.25, 0.3) is 11.6 Å². The summed E-state index contributed by atoms with van der Waals surface area (Å²) < 4.78 is 10.3. The molecule has 0 spiro atoms. The Morgan fingerprint density at radius 2 is 1.85 bits per heavy atom. The Labute approximate surface area is 156 Å². The zero-order valence-corrected chi connectivity index (χ0v) is 15.4. The highest BCUT2D eigenvalue weighted by molar-refractivity contribution is 6.30. The van der Waals surface area contributed by atoms with Crippen LogP contribution in [0.3, 0.4) is 0 Å². The van der Waals surface area contributed by atoms with Crippen LogP contribution in [0.5, 0.6) is 11.5 Å². The maximum absolute atomic E-state index is 13.0. The monoisotopic (exact) mass is 378 g/mol. The van der Waals surface area contributed by atoms with Gasteiger partial charge in [0.2, 0.25) is 0 Å². The van der Waals surface area contributed by atoms with Crippen LogP contribution in [0.2, 0.25) is 5.02 Å². The number of benzene rings is 2. The van der Waals surface area contributed by atoms with E-state index in [1.165, 1.54) is 31.3 Å². The molecule has 7 nitrogen and oxygen atoms in total. The van der Waals surface area contributed by atoms with E-state index in [2.05, 4.69) is 0 Å². The molecule has 138 valence electrons. The van der Waals surface area contributed by atoms with Crippen LogP contribution in [0.1, 0.15) is 22.8 Å². The van der Waals surface area contributed by atoms with E-state index in [9.17, 15) is 14.9 Å². The van der Waals surface area contributed by atoms with Crippen molar-refractivity contribution in [2.24, 2.45) is 0 Å². The van der Waals surface area contributed by atoms with E-state index in [4.69, 9.17) is 21.1 Å². The number of carbonyl (C=O) groups excluding carboxylic acids is 1. The van der Waals surface area contributed by atoms with Gasteiger partial charge in [-0.2, -0.15) is 0 Å². The first-order valence-electron chi connectivity index (χ1n) is 7.85. The molecule has 0 radical (unpaired) electrons. The lowest BCUT2D eigenvalue weighted by atomic mass is 10.1. The van der Waals surface area contributed by atoms with Gasteiger partial charge in [-0.3, -0.25) is 14.9 Å². The zero-order valence-electron chi connectivity index (χ0n) is 14.7. The molecule has 2 rings (SSSR count). The van der Waals surface area contributed by atoms with Crippen LogP contribution < -0.4 is 9.47 Å². The molecule has 0 saturated heterocycles. The van der Waals surface area contributed by atoms with Crippen molar-refractivity contribution in [2.45, 2.75) is 13.5 Å². The lowest BCUT2D eigenvalue weighted by Crippen LogP contribution is -2.30. The van der Waals surface area contributed by atoms with Gasteiger partial charge < -0.3 is 14.4 Å². The molecule has 0 N–H and O–H groups in total. The van der Waals surface area contributed by atoms with Crippen molar-refractivity contribution in [3.63, 3.8) is 0 Å². The molecule has 0 aromatic heterocycles. The van der Waals surface area contributed by atoms with E-state index in [-0.39, 0.29) is 29.3 Å². The van der Waals surface area contributed by atoms with Crippen molar-refractivity contribution in [3.05, 3.63) is 62.7 Å². The van der Waals surface area contributed by atoms with Crippen molar-refractivity contribution in [1.29, 1.82) is 0 Å². The van der Waals surface area contributed by atoms with Crippen LogP contribution in [-0.4, -0.2) is 36.5 Å². The Kier molecular flexibility index (Phi) is 6.41. The van der Waals surface area contributed by atoms with Crippen LogP contribution in [-0.2, 0) is 6.54 Å². The van der Waals surface area contributed by atoms with Gasteiger partial charge in [-0.05, 0) is 24.6 Å². The van der Waals surface area contributed by atoms with Gasteiger partial charge in [-0.1, -0.05) is 23.7 Å². The number of rotatable bonds is 7. The molecular weight excluding hydrogens is 360 g/mol. The SMILES string of the molecule is CCN(Cc1cccc(Cl)c1)C(=O)c1cc(OC)c(OC)cc1[N+](=O)[O-]. The molecule has 0 saturated carbocycles. The minimum Gasteiger partial charge on any atom is -0.493 e. The quantitative estimate of drug-likeness (QED) is 0.538. The second kappa shape index (κ2) is 8.53. The predicted octanol–water partition coefficient (Wildman–Crippen LogP) is 3.93. The fourth-order valence-electron chi connectivity index (χ4n) is 2.54. The van der Waals surface area contributed by atoms with Gasteiger partial charge in [0.1, 0.15) is 5.56 Å². The topological polar surface area (TPSA) is 81.9 Å². The van der Waals surface area contributed by atoms with Gasteiger partial charge in [0.15, 0.2) is 11.5 Å². The normalized spacial score (nSPS) is 10.3. The third-order valence-electron chi connectivity index (χ3n) is 3.86. The van der Waals surface area contributed by atoms with Gasteiger partial charge in [0, 0.05) is 24.2 Å². The van der Waals surface area contributed by atoms with Crippen molar-refractivity contribution in [2.75, 3.05) is 20.8 Å². The number of ether oxygens (including phenoxy) is 2. The molecule has 0 aliphatic rings. The summed E-state index contributed by atoms with van der Waals surface area (Å²) in [6, 6.07) is 9.64. The minimum absolute atomic E-state index is 0.0588. The van der Waals surface area contributed by atoms with Crippen LogP contribution in [0.15, 0.2) is 36.4 Å². The van der Waals surface area contributed by atoms with Crippen molar-refractivity contribution in [3.8, 4) is 11.5 Å². The van der Waals surface area contributed by atoms with Gasteiger partial charge >= 0.3 is 0 Å². The van der Waals surface area contributed by atoms with Gasteiger partial charge in [-0.15, -0.1) is 0 Å². The fourth-order valence-corrected chi connectivity index (χ4v) is 2.76. The van der Waals surface area contributed by atoms with Crippen molar-refractivity contribution in [1.82, 2.24) is 4.90 Å². The molecule has 0 bridgehead atoms. The number of carbonyl (C=O) groups is 1. The van der Waals surface area contributed by atoms with Crippen LogP contribution >= 0.6 is 11.6 Å². The average Bonchev–Trinajstić information content (AvgIpc) is 2.64. The van der Waals surface area contributed by atoms with E-state index in [1.807, 2.05) is 6.07 Å². The smallest absolute Gasteiger partial charge is 0.286 e. The fraction of sp³-hybridized carbons (Fsp3) is 0.278. The van der Waals surface area contributed by atoms with E-state index >= 15 is 0 Å². The molecule has 0 atom stereocenters. The number of amides is 1. The highest BCUT2D eigenvalue weighted by Gasteiger charge is 2.27. The molecule has 0 fully saturated rings. The Morgan fingerprint density at radius 3 is 2.38 bits per heavy atom. The van der Waals surface area contributed by atoms with E-state index < -0.39 is 10.8 Å². The number of halogens is 1. The highest BCUT2D eigenvalue weighted by atomic mass is 35.5. The molecule has 2 aromatic carbocycles. The number of nitrogens with zero attached hydrogens (tertiary/aromatic N) is 2. The molecule has 2 aromatic rings. The Balaban J connectivity index is 2.43. The van der Waals surface area contributed by atoms with E-state index in [0.717, 1.165) is 5.56 Å². The molecule has 0 aliphatic carbocycles. The Bertz CT molecular complexity index is 825. The van der Waals surface area contributed by atoms with Crippen LogP contribution in [0.4, 0.5) is 5.69 Å². The summed E-state index contributed by atoms with van der Waals surface area (Å²) in [6.45, 7) is 2.45. The number of nitro groups is 1. The summed E-state index contributed by atoms with van der Waals surface area (Å²) in [4.78, 5) is 25.3. The average molecular weight is 379 g/mol. The largest absolute Gasteiger partial charge is 0.493 e. The highest BCUT2D eigenvalue weighted by Crippen LogP contribution is 2.35. The second-order valence-corrected chi connectivity index (χ2v) is 5.87. The summed E-state index contributed by atoms with van der Waals surface area (Å²) >= 11 is 5.98. The van der Waals surface area contributed by atoms with Crippen molar-refractivity contribution >= 4 is 23.2 Å². The third kappa shape index (κ3) is 4.23. The zero-order chi connectivity index (χ0) is 19.3. The Morgan fingerprint density at radius 1 is 1.19 bits per heavy atom. The molecule has 0 unspecified atom stereocenters. The van der Waals surface area contributed by atoms with Crippen molar-refractivity contribution < 1.29 is 19.2 Å². The molecule has 26 heavy (non-hydrogen) atoms. The van der Waals surface area contributed by atoms with E-state index in [1.54, 1.807) is 25.1 Å². The first-order chi connectivity index (χ1) is 12.4. The standard InChI is InChI=1S/C18H19ClN2O5/c1-4-20(11-12-6-5-7-13(19)8-12)18(22)14-9-16(25-2)17(26-3)10-15(14)21(23)24/h5-10H,4,11H2,1-3H3. The molecule has 0 aliphatic heterocycles. The third-order valence-corrected chi connectivity index (χ3v) is 4.10. The molecule has 1 amide bonds. The number of hydrogen-bond acceptors (Lipinski definition) is 5. The van der Waals surface area contributed by atoms with Crippen LogP contribution in [0.25, 0.3) is 0 Å². The summed E-state index contributed by atoms with van der Waals surface area (Å²) in [5.74, 6) is -0.0333. The summed E-state index contributed by atoms with van der Waals surface area (Å²) in [7, 11) is 2.78. The molecule has 8 heteroatoms. The molecule has 0 heterocycles. The summed E-state index contributed by atoms with van der Waals surface area (Å²) in [5.41, 5.74) is 0.435. The number of hydrogen-bond donors (Lipinski definition) is 0. The predicted molar refractivity (Wildman–Crippen MR) is 98.1 cm³/mol. The summed E-state index contributed by atoms with van der Waals surface area (Å²) in [6.07, 6.45) is 0. The first kappa shape index (κ1) is 19.5. The Hall–Kier alpha value is -2.80. The van der Waals surface area contributed by atoms with Gasteiger partial charge in [-0.25, -0.2) is 0 Å². The number of nitro benzene ring substituents is 1. The molecular formula is C18H19ClN2O5. The minimum atomic E-state index is -0.609. The maximum atomic E-state index is 13.0. The lowest BCUT2D eigenvalue weighted by Gasteiger charge is -2.21. The summed E-state index contributed by atoms with van der Waals surface area (Å²) in [5, 5.41) is 12.0. The van der Waals surface area contributed by atoms with Gasteiger partial charge in [0.05, 0.1) is 25.2 Å².